The van der Waals surface area contributed by atoms with E-state index in [0.717, 1.165) is 24.9 Å². The first-order valence-corrected chi connectivity index (χ1v) is 7.52. The molecule has 0 heterocycles. The van der Waals surface area contributed by atoms with Crippen molar-refractivity contribution in [3.8, 4) is 0 Å². The minimum Gasteiger partial charge on any atom is -0.316 e. The highest BCUT2D eigenvalue weighted by molar-refractivity contribution is 4.85. The summed E-state index contributed by atoms with van der Waals surface area (Å²) in [4.78, 5) is 2.76. The van der Waals surface area contributed by atoms with Gasteiger partial charge < -0.3 is 10.2 Å². The van der Waals surface area contributed by atoms with E-state index in [4.69, 9.17) is 0 Å². The normalized spacial score (nSPS) is 21.2. The molecule has 2 rings (SSSR count). The van der Waals surface area contributed by atoms with Crippen molar-refractivity contribution >= 4 is 0 Å². The smallest absolute Gasteiger partial charge is 0.00451 e. The molecule has 2 nitrogen and oxygen atoms in total. The third-order valence-corrected chi connectivity index (χ3v) is 3.93. The van der Waals surface area contributed by atoms with Crippen LogP contribution in [0.5, 0.6) is 0 Å². The third-order valence-electron chi connectivity index (χ3n) is 3.93. The molecule has 2 fully saturated rings. The van der Waals surface area contributed by atoms with E-state index < -0.39 is 0 Å². The maximum atomic E-state index is 3.51. The van der Waals surface area contributed by atoms with Gasteiger partial charge in [0.1, 0.15) is 0 Å². The molecule has 2 aliphatic carbocycles. The second-order valence-corrected chi connectivity index (χ2v) is 7.03. The van der Waals surface area contributed by atoms with Gasteiger partial charge in [-0.1, -0.05) is 20.8 Å². The van der Waals surface area contributed by atoms with E-state index in [1.807, 2.05) is 0 Å². The molecule has 0 aromatic rings. The maximum Gasteiger partial charge on any atom is 0.00451 e. The van der Waals surface area contributed by atoms with Crippen molar-refractivity contribution in [2.75, 3.05) is 32.7 Å². The molecule has 2 saturated carbocycles. The molecule has 2 aliphatic rings. The van der Waals surface area contributed by atoms with Crippen LogP contribution in [0.15, 0.2) is 0 Å². The summed E-state index contributed by atoms with van der Waals surface area (Å²) in [5.41, 5.74) is 0.416. The van der Waals surface area contributed by atoms with Crippen molar-refractivity contribution < 1.29 is 0 Å². The van der Waals surface area contributed by atoms with Crippen LogP contribution in [0.25, 0.3) is 0 Å². The van der Waals surface area contributed by atoms with Gasteiger partial charge in [0.25, 0.3) is 0 Å². The van der Waals surface area contributed by atoms with E-state index in [2.05, 4.69) is 31.0 Å². The summed E-state index contributed by atoms with van der Waals surface area (Å²) >= 11 is 0. The molecule has 0 spiro atoms. The van der Waals surface area contributed by atoms with Gasteiger partial charge >= 0.3 is 0 Å². The molecule has 0 bridgehead atoms. The van der Waals surface area contributed by atoms with Crippen molar-refractivity contribution in [3.63, 3.8) is 0 Å². The first-order chi connectivity index (χ1) is 8.09. The second-order valence-electron chi connectivity index (χ2n) is 7.03. The van der Waals surface area contributed by atoms with Gasteiger partial charge in [0.05, 0.1) is 0 Å². The number of nitrogens with zero attached hydrogens (tertiary/aromatic N) is 1. The lowest BCUT2D eigenvalue weighted by molar-refractivity contribution is 0.163. The molecule has 1 N–H and O–H groups in total. The van der Waals surface area contributed by atoms with Crippen LogP contribution in [0, 0.1) is 17.3 Å². The van der Waals surface area contributed by atoms with Gasteiger partial charge in [-0.2, -0.15) is 0 Å². The zero-order valence-corrected chi connectivity index (χ0v) is 12.0. The van der Waals surface area contributed by atoms with Gasteiger partial charge in [0.15, 0.2) is 0 Å². The van der Waals surface area contributed by atoms with Crippen molar-refractivity contribution in [2.24, 2.45) is 17.3 Å². The molecule has 0 aromatic carbocycles. The Hall–Kier alpha value is -0.0800. The summed E-state index contributed by atoms with van der Waals surface area (Å²) in [6.07, 6.45) is 5.92. The zero-order valence-electron chi connectivity index (χ0n) is 12.0. The summed E-state index contributed by atoms with van der Waals surface area (Å²) in [6, 6.07) is 0. The quantitative estimate of drug-likeness (QED) is 0.664. The van der Waals surface area contributed by atoms with Crippen LogP contribution in [0.3, 0.4) is 0 Å². The molecule has 0 atom stereocenters. The van der Waals surface area contributed by atoms with Crippen LogP contribution < -0.4 is 5.32 Å². The average Bonchev–Trinajstić information content (AvgIpc) is 3.10. The Kier molecular flexibility index (Phi) is 4.48. The molecule has 0 unspecified atom stereocenters. The Morgan fingerprint density at radius 2 is 1.59 bits per heavy atom. The van der Waals surface area contributed by atoms with Gasteiger partial charge in [0.2, 0.25) is 0 Å². The summed E-state index contributed by atoms with van der Waals surface area (Å²) in [7, 11) is 0. The minimum absolute atomic E-state index is 0.416. The van der Waals surface area contributed by atoms with E-state index in [-0.39, 0.29) is 0 Å². The molecule has 0 saturated heterocycles. The molecular formula is C15H30N2. The first kappa shape index (κ1) is 13.4. The summed E-state index contributed by atoms with van der Waals surface area (Å²) in [5, 5.41) is 3.51. The van der Waals surface area contributed by atoms with Crippen LogP contribution in [0.2, 0.25) is 0 Å². The Morgan fingerprint density at radius 3 is 2.00 bits per heavy atom. The number of rotatable bonds is 9. The fourth-order valence-corrected chi connectivity index (χ4v) is 2.66. The van der Waals surface area contributed by atoms with Gasteiger partial charge in [-0.25, -0.2) is 0 Å². The van der Waals surface area contributed by atoms with Crippen LogP contribution in [-0.4, -0.2) is 37.6 Å². The molecule has 2 heteroatoms. The topological polar surface area (TPSA) is 15.3 Å². The van der Waals surface area contributed by atoms with Crippen LogP contribution in [-0.2, 0) is 0 Å². The maximum absolute atomic E-state index is 3.51. The lowest BCUT2D eigenvalue weighted by Gasteiger charge is -2.33. The van der Waals surface area contributed by atoms with Gasteiger partial charge in [-0.15, -0.1) is 0 Å². The number of hydrogen-bond acceptors (Lipinski definition) is 2. The van der Waals surface area contributed by atoms with E-state index in [9.17, 15) is 0 Å². The van der Waals surface area contributed by atoms with E-state index in [0.29, 0.717) is 5.41 Å². The molecule has 0 aromatic heterocycles. The standard InChI is InChI=1S/C15H30N2/c1-4-16-11-15(2,3)12-17(9-13-5-6-13)10-14-7-8-14/h13-14,16H,4-12H2,1-3H3. The fourth-order valence-electron chi connectivity index (χ4n) is 2.66. The van der Waals surface area contributed by atoms with Gasteiger partial charge in [-0.3, -0.25) is 0 Å². The third kappa shape index (κ3) is 5.39. The first-order valence-electron chi connectivity index (χ1n) is 7.52. The van der Waals surface area contributed by atoms with Gasteiger partial charge in [0, 0.05) is 26.2 Å². The lowest BCUT2D eigenvalue weighted by Crippen LogP contribution is -2.42. The molecule has 17 heavy (non-hydrogen) atoms. The lowest BCUT2D eigenvalue weighted by atomic mass is 9.92. The van der Waals surface area contributed by atoms with E-state index >= 15 is 0 Å². The highest BCUT2D eigenvalue weighted by atomic mass is 15.1. The van der Waals surface area contributed by atoms with E-state index in [1.54, 1.807) is 0 Å². The molecule has 0 radical (unpaired) electrons. The summed E-state index contributed by atoms with van der Waals surface area (Å²) in [5.74, 6) is 2.06. The summed E-state index contributed by atoms with van der Waals surface area (Å²) < 4.78 is 0. The van der Waals surface area contributed by atoms with Crippen molar-refractivity contribution in [1.82, 2.24) is 10.2 Å². The van der Waals surface area contributed by atoms with Crippen LogP contribution in [0.4, 0.5) is 0 Å². The predicted molar refractivity (Wildman–Crippen MR) is 74.2 cm³/mol. The highest BCUT2D eigenvalue weighted by Crippen LogP contribution is 2.34. The highest BCUT2D eigenvalue weighted by Gasteiger charge is 2.31. The SMILES string of the molecule is CCNCC(C)(C)CN(CC1CC1)CC1CC1. The second kappa shape index (κ2) is 5.71. The molecule has 0 aliphatic heterocycles. The monoisotopic (exact) mass is 238 g/mol. The Labute approximate surface area is 107 Å². The number of hydrogen-bond donors (Lipinski definition) is 1. The Morgan fingerprint density at radius 1 is 1.06 bits per heavy atom. The molecular weight excluding hydrogens is 208 g/mol. The average molecular weight is 238 g/mol. The summed E-state index contributed by atoms with van der Waals surface area (Å²) in [6.45, 7) is 13.3. The Balaban J connectivity index is 1.76. The number of nitrogens with one attached hydrogen (secondary N) is 1. The predicted octanol–water partition coefficient (Wildman–Crippen LogP) is 2.74. The van der Waals surface area contributed by atoms with Gasteiger partial charge in [-0.05, 0) is 49.5 Å². The molecule has 0 amide bonds. The fraction of sp³-hybridized carbons (Fsp3) is 1.00. The van der Waals surface area contributed by atoms with Crippen molar-refractivity contribution in [1.29, 1.82) is 0 Å². The van der Waals surface area contributed by atoms with Crippen LogP contribution >= 0.6 is 0 Å². The Bertz CT molecular complexity index is 215. The zero-order chi connectivity index (χ0) is 12.3. The van der Waals surface area contributed by atoms with Crippen molar-refractivity contribution in [3.05, 3.63) is 0 Å². The van der Waals surface area contributed by atoms with Crippen molar-refractivity contribution in [2.45, 2.75) is 46.5 Å². The minimum atomic E-state index is 0.416. The largest absolute Gasteiger partial charge is 0.316 e. The van der Waals surface area contributed by atoms with Crippen LogP contribution in [0.1, 0.15) is 46.5 Å². The molecule has 100 valence electrons. The van der Waals surface area contributed by atoms with E-state index in [1.165, 1.54) is 45.3 Å².